The molecule has 1 saturated heterocycles. The van der Waals surface area contributed by atoms with E-state index in [0.29, 0.717) is 51.0 Å². The third-order valence-corrected chi connectivity index (χ3v) is 15.9. The molecule has 0 aromatic carbocycles. The second kappa shape index (κ2) is 52.7. The second-order valence-electron chi connectivity index (χ2n) is 22.8. The van der Waals surface area contributed by atoms with Crippen LogP contribution in [0.1, 0.15) is 310 Å². The number of likely N-dealkylation sites (N-methyl/N-ethyl adjacent to an activating group) is 1. The van der Waals surface area contributed by atoms with Crippen LogP contribution in [0.25, 0.3) is 0 Å². The normalized spacial score (nSPS) is 14.4. The van der Waals surface area contributed by atoms with Gasteiger partial charge in [-0.3, -0.25) is 9.59 Å². The summed E-state index contributed by atoms with van der Waals surface area (Å²) in [7, 11) is 2.22. The Morgan fingerprint density at radius 1 is 0.371 bits per heavy atom. The Bertz CT molecular complexity index is 1010. The molecule has 0 aromatic rings. The maximum Gasteiger partial charge on any atom is 0.307 e. The zero-order valence-corrected chi connectivity index (χ0v) is 48.3. The third-order valence-electron chi connectivity index (χ3n) is 15.9. The van der Waals surface area contributed by atoms with Gasteiger partial charge in [0.1, 0.15) is 0 Å². The number of hydrogen-bond donors (Lipinski definition) is 0. The molecule has 1 aliphatic heterocycles. The summed E-state index contributed by atoms with van der Waals surface area (Å²) in [6.45, 7) is 18.3. The van der Waals surface area contributed by atoms with E-state index in [1.807, 2.05) is 0 Å². The van der Waals surface area contributed by atoms with E-state index >= 15 is 0 Å². The van der Waals surface area contributed by atoms with Gasteiger partial charge in [-0.2, -0.15) is 0 Å². The van der Waals surface area contributed by atoms with E-state index in [9.17, 15) is 9.59 Å². The number of unbranched alkanes of at least 4 members (excludes halogenated alkanes) is 33. The van der Waals surface area contributed by atoms with Gasteiger partial charge in [0.15, 0.2) is 0 Å². The van der Waals surface area contributed by atoms with Crippen LogP contribution >= 0.6 is 0 Å². The minimum Gasteiger partial charge on any atom is -0.465 e. The lowest BCUT2D eigenvalue weighted by molar-refractivity contribution is -0.145. The Balaban J connectivity index is 2.71. The minimum atomic E-state index is -0.0650. The van der Waals surface area contributed by atoms with Crippen LogP contribution in [0.15, 0.2) is 0 Å². The number of rotatable bonds is 55. The molecule has 1 rings (SSSR count). The van der Waals surface area contributed by atoms with Crippen molar-refractivity contribution >= 4 is 11.9 Å². The summed E-state index contributed by atoms with van der Waals surface area (Å²) in [6.07, 6.45) is 56.3. The molecule has 70 heavy (non-hydrogen) atoms. The van der Waals surface area contributed by atoms with Crippen LogP contribution in [-0.2, 0) is 19.1 Å². The van der Waals surface area contributed by atoms with Gasteiger partial charge < -0.3 is 24.2 Å². The fraction of sp³-hybridized carbons (Fsp3) is 0.968. The van der Waals surface area contributed by atoms with Gasteiger partial charge in [0, 0.05) is 39.3 Å². The molecule has 1 fully saturated rings. The Morgan fingerprint density at radius 2 is 0.657 bits per heavy atom. The largest absolute Gasteiger partial charge is 0.465 e. The van der Waals surface area contributed by atoms with Crippen molar-refractivity contribution in [1.82, 2.24) is 14.7 Å². The number of carbonyl (C=O) groups is 2. The smallest absolute Gasteiger partial charge is 0.307 e. The average molecular weight is 989 g/mol. The van der Waals surface area contributed by atoms with Crippen molar-refractivity contribution in [3.8, 4) is 0 Å². The van der Waals surface area contributed by atoms with E-state index in [-0.39, 0.29) is 11.9 Å². The van der Waals surface area contributed by atoms with Crippen LogP contribution in [0.3, 0.4) is 0 Å². The molecule has 0 aliphatic carbocycles. The first-order chi connectivity index (χ1) is 34.4. The SMILES string of the molecule is CCCCCCCCCCCCC(CCCCCCCCCC)COC(=O)CCN(CCCCN1CCN(C)CC1)CCC(=O)OCC(CCCCCCCCCC)CCCCCCCCCCCC. The Labute approximate surface area is 438 Å². The van der Waals surface area contributed by atoms with Crippen molar-refractivity contribution in [2.45, 2.75) is 310 Å². The molecule has 7 nitrogen and oxygen atoms in total. The third kappa shape index (κ3) is 45.4. The number of esters is 2. The molecule has 0 bridgehead atoms. The Hall–Kier alpha value is -1.18. The standard InChI is InChI=1S/C63H125N3O4/c1-6-10-14-18-22-26-28-32-36-40-46-60(44-38-34-30-24-20-16-12-8-3)58-69-62(67)48-52-65(50-42-43-51-66-56-54-64(5)55-57-66)53-49-63(68)70-59-61(45-39-35-31-25-21-17-13-9-4)47-41-37-33-29-27-23-19-15-11-7-2/h60-61H,6-59H2,1-5H3. The summed E-state index contributed by atoms with van der Waals surface area (Å²) in [5.74, 6) is 0.820. The molecule has 0 amide bonds. The van der Waals surface area contributed by atoms with Gasteiger partial charge in [-0.25, -0.2) is 0 Å². The van der Waals surface area contributed by atoms with Gasteiger partial charge in [0.25, 0.3) is 0 Å². The van der Waals surface area contributed by atoms with E-state index in [2.05, 4.69) is 49.4 Å². The molecule has 0 N–H and O–H groups in total. The first-order valence-corrected chi connectivity index (χ1v) is 31.9. The van der Waals surface area contributed by atoms with Gasteiger partial charge in [-0.1, -0.05) is 259 Å². The minimum absolute atomic E-state index is 0.0650. The lowest BCUT2D eigenvalue weighted by atomic mass is 9.94. The van der Waals surface area contributed by atoms with Gasteiger partial charge in [-0.05, 0) is 70.5 Å². The van der Waals surface area contributed by atoms with E-state index in [1.165, 1.54) is 257 Å². The lowest BCUT2D eigenvalue weighted by Gasteiger charge is -2.32. The van der Waals surface area contributed by atoms with Crippen molar-refractivity contribution in [3.05, 3.63) is 0 Å². The van der Waals surface area contributed by atoms with Crippen LogP contribution in [0.4, 0.5) is 0 Å². The number of nitrogens with zero attached hydrogens (tertiary/aromatic N) is 3. The average Bonchev–Trinajstić information content (AvgIpc) is 3.36. The lowest BCUT2D eigenvalue weighted by Crippen LogP contribution is -2.44. The maximum absolute atomic E-state index is 13.4. The number of hydrogen-bond acceptors (Lipinski definition) is 7. The van der Waals surface area contributed by atoms with Gasteiger partial charge in [-0.15, -0.1) is 0 Å². The summed E-state index contributed by atoms with van der Waals surface area (Å²) in [6, 6.07) is 0. The summed E-state index contributed by atoms with van der Waals surface area (Å²) in [5, 5.41) is 0. The topological polar surface area (TPSA) is 62.3 Å². The van der Waals surface area contributed by atoms with Crippen molar-refractivity contribution in [2.75, 3.05) is 72.6 Å². The first kappa shape index (κ1) is 66.8. The molecular weight excluding hydrogens is 863 g/mol. The van der Waals surface area contributed by atoms with Crippen molar-refractivity contribution in [1.29, 1.82) is 0 Å². The fourth-order valence-corrected chi connectivity index (χ4v) is 10.7. The van der Waals surface area contributed by atoms with Crippen LogP contribution in [0.2, 0.25) is 0 Å². The van der Waals surface area contributed by atoms with Gasteiger partial charge >= 0.3 is 11.9 Å². The molecule has 0 radical (unpaired) electrons. The highest BCUT2D eigenvalue weighted by atomic mass is 16.5. The molecule has 0 aromatic heterocycles. The number of ether oxygens (including phenoxy) is 2. The zero-order valence-electron chi connectivity index (χ0n) is 48.3. The van der Waals surface area contributed by atoms with Crippen molar-refractivity contribution in [3.63, 3.8) is 0 Å². The molecule has 2 unspecified atom stereocenters. The number of piperazine rings is 1. The molecule has 7 heteroatoms. The van der Waals surface area contributed by atoms with E-state index in [0.717, 1.165) is 52.1 Å². The van der Waals surface area contributed by atoms with Crippen molar-refractivity contribution < 1.29 is 19.1 Å². The molecule has 0 spiro atoms. The molecule has 1 aliphatic rings. The van der Waals surface area contributed by atoms with E-state index < -0.39 is 0 Å². The summed E-state index contributed by atoms with van der Waals surface area (Å²) >= 11 is 0. The van der Waals surface area contributed by atoms with Crippen LogP contribution in [-0.4, -0.2) is 99.3 Å². The van der Waals surface area contributed by atoms with E-state index in [4.69, 9.17) is 9.47 Å². The van der Waals surface area contributed by atoms with Gasteiger partial charge in [0.2, 0.25) is 0 Å². The first-order valence-electron chi connectivity index (χ1n) is 31.9. The Kier molecular flexibility index (Phi) is 50.3. The summed E-state index contributed by atoms with van der Waals surface area (Å²) < 4.78 is 12.2. The molecule has 0 saturated carbocycles. The maximum atomic E-state index is 13.4. The van der Waals surface area contributed by atoms with Crippen molar-refractivity contribution in [2.24, 2.45) is 11.8 Å². The van der Waals surface area contributed by atoms with Crippen LogP contribution in [0, 0.1) is 11.8 Å². The second-order valence-corrected chi connectivity index (χ2v) is 22.8. The molecular formula is C63H125N3O4. The van der Waals surface area contributed by atoms with Crippen LogP contribution in [0.5, 0.6) is 0 Å². The van der Waals surface area contributed by atoms with E-state index in [1.54, 1.807) is 0 Å². The predicted molar refractivity (Wildman–Crippen MR) is 305 cm³/mol. The zero-order chi connectivity index (χ0) is 50.6. The van der Waals surface area contributed by atoms with Gasteiger partial charge in [0.05, 0.1) is 26.1 Å². The monoisotopic (exact) mass is 988 g/mol. The highest BCUT2D eigenvalue weighted by molar-refractivity contribution is 5.70. The fourth-order valence-electron chi connectivity index (χ4n) is 10.7. The summed E-state index contributed by atoms with van der Waals surface area (Å²) in [4.78, 5) is 34.2. The quantitative estimate of drug-likeness (QED) is 0.0444. The predicted octanol–water partition coefficient (Wildman–Crippen LogP) is 18.1. The highest BCUT2D eigenvalue weighted by Crippen LogP contribution is 2.23. The number of carbonyl (C=O) groups excluding carboxylic acids is 2. The summed E-state index contributed by atoms with van der Waals surface area (Å²) in [5.41, 5.74) is 0. The molecule has 416 valence electrons. The molecule has 2 atom stereocenters. The van der Waals surface area contributed by atoms with Crippen LogP contribution < -0.4 is 0 Å². The molecule has 1 heterocycles. The highest BCUT2D eigenvalue weighted by Gasteiger charge is 2.18. The Morgan fingerprint density at radius 3 is 0.957 bits per heavy atom.